The normalized spacial score (nSPS) is 21.3. The van der Waals surface area contributed by atoms with Crippen molar-refractivity contribution in [3.8, 4) is 0 Å². The van der Waals surface area contributed by atoms with Gasteiger partial charge in [0.25, 0.3) is 0 Å². The first kappa shape index (κ1) is 16.9. The topological polar surface area (TPSA) is 24.5 Å². The summed E-state index contributed by atoms with van der Waals surface area (Å²) in [6, 6.07) is 0. The number of hydrogen-bond acceptors (Lipinski definition) is 3. The Labute approximate surface area is 120 Å². The van der Waals surface area contributed by atoms with Crippen molar-refractivity contribution in [1.82, 2.24) is 10.2 Å². The van der Waals surface area contributed by atoms with E-state index in [0.717, 1.165) is 32.8 Å². The number of nitrogens with zero attached hydrogens (tertiary/aromatic N) is 1. The van der Waals surface area contributed by atoms with Crippen LogP contribution in [-0.4, -0.2) is 49.3 Å². The van der Waals surface area contributed by atoms with Gasteiger partial charge in [-0.25, -0.2) is 0 Å². The van der Waals surface area contributed by atoms with Crippen LogP contribution in [0.1, 0.15) is 54.4 Å². The van der Waals surface area contributed by atoms with Crippen LogP contribution in [0.2, 0.25) is 0 Å². The fourth-order valence-electron chi connectivity index (χ4n) is 2.55. The van der Waals surface area contributed by atoms with Gasteiger partial charge >= 0.3 is 0 Å². The highest BCUT2D eigenvalue weighted by molar-refractivity contribution is 4.82. The summed E-state index contributed by atoms with van der Waals surface area (Å²) in [7, 11) is 0. The van der Waals surface area contributed by atoms with Crippen LogP contribution >= 0.6 is 0 Å². The first-order chi connectivity index (χ1) is 8.72. The van der Waals surface area contributed by atoms with Gasteiger partial charge in [-0.3, -0.25) is 0 Å². The maximum Gasteiger partial charge on any atom is 0.0702 e. The Morgan fingerprint density at radius 3 is 2.37 bits per heavy atom. The highest BCUT2D eigenvalue weighted by atomic mass is 16.5. The van der Waals surface area contributed by atoms with Crippen molar-refractivity contribution in [3.63, 3.8) is 0 Å². The molecule has 1 heterocycles. The van der Waals surface area contributed by atoms with Crippen LogP contribution in [0.3, 0.4) is 0 Å². The highest BCUT2D eigenvalue weighted by Gasteiger charge is 2.26. The lowest BCUT2D eigenvalue weighted by atomic mass is 9.91. The van der Waals surface area contributed by atoms with E-state index in [9.17, 15) is 0 Å². The largest absolute Gasteiger partial charge is 0.377 e. The minimum atomic E-state index is 0.197. The molecule has 1 saturated heterocycles. The van der Waals surface area contributed by atoms with E-state index in [-0.39, 0.29) is 5.54 Å². The van der Waals surface area contributed by atoms with Gasteiger partial charge < -0.3 is 15.0 Å². The van der Waals surface area contributed by atoms with Crippen molar-refractivity contribution in [1.29, 1.82) is 0 Å². The monoisotopic (exact) mass is 270 g/mol. The smallest absolute Gasteiger partial charge is 0.0702 e. The SMILES string of the molecule is CCN(CC1CCCO1)CC(C)(C)CNC(C)(C)C. The Balaban J connectivity index is 2.39. The summed E-state index contributed by atoms with van der Waals surface area (Å²) in [6.07, 6.45) is 2.93. The Bertz CT molecular complexity index is 252. The predicted octanol–water partition coefficient (Wildman–Crippen LogP) is 2.90. The second-order valence-electron chi connectivity index (χ2n) is 7.73. The van der Waals surface area contributed by atoms with Crippen molar-refractivity contribution in [3.05, 3.63) is 0 Å². The molecule has 0 spiro atoms. The van der Waals surface area contributed by atoms with E-state index in [4.69, 9.17) is 4.74 Å². The third-order valence-corrected chi connectivity index (χ3v) is 3.68. The van der Waals surface area contributed by atoms with Crippen molar-refractivity contribution in [2.24, 2.45) is 5.41 Å². The molecule has 1 atom stereocenters. The van der Waals surface area contributed by atoms with Gasteiger partial charge in [-0.05, 0) is 45.6 Å². The molecular weight excluding hydrogens is 236 g/mol. The molecule has 0 amide bonds. The molecule has 0 radical (unpaired) electrons. The van der Waals surface area contributed by atoms with Gasteiger partial charge in [0.15, 0.2) is 0 Å². The fraction of sp³-hybridized carbons (Fsp3) is 1.00. The molecule has 1 fully saturated rings. The van der Waals surface area contributed by atoms with E-state index in [0.29, 0.717) is 11.5 Å². The van der Waals surface area contributed by atoms with E-state index < -0.39 is 0 Å². The van der Waals surface area contributed by atoms with Crippen molar-refractivity contribution in [2.75, 3.05) is 32.8 Å². The standard InChI is InChI=1S/C16H34N2O/c1-7-18(11-14-9-8-10-19-14)13-16(5,6)12-17-15(2,3)4/h14,17H,7-13H2,1-6H3. The van der Waals surface area contributed by atoms with E-state index in [1.807, 2.05) is 0 Å². The maximum absolute atomic E-state index is 5.76. The second-order valence-corrected chi connectivity index (χ2v) is 7.73. The summed E-state index contributed by atoms with van der Waals surface area (Å²) in [5.74, 6) is 0. The summed E-state index contributed by atoms with van der Waals surface area (Å²) in [5, 5.41) is 3.63. The van der Waals surface area contributed by atoms with Crippen LogP contribution in [0.15, 0.2) is 0 Å². The number of hydrogen-bond donors (Lipinski definition) is 1. The average Bonchev–Trinajstić information content (AvgIpc) is 2.77. The zero-order valence-electron chi connectivity index (χ0n) is 13.9. The Morgan fingerprint density at radius 2 is 1.89 bits per heavy atom. The molecule has 1 aliphatic heterocycles. The molecule has 0 saturated carbocycles. The van der Waals surface area contributed by atoms with Gasteiger partial charge in [-0.15, -0.1) is 0 Å². The lowest BCUT2D eigenvalue weighted by molar-refractivity contribution is 0.0602. The van der Waals surface area contributed by atoms with Gasteiger partial charge in [0.05, 0.1) is 6.10 Å². The summed E-state index contributed by atoms with van der Waals surface area (Å²) < 4.78 is 5.76. The molecule has 0 bridgehead atoms. The maximum atomic E-state index is 5.76. The van der Waals surface area contributed by atoms with E-state index in [1.54, 1.807) is 0 Å². The zero-order valence-corrected chi connectivity index (χ0v) is 13.9. The van der Waals surface area contributed by atoms with Crippen molar-refractivity contribution >= 4 is 0 Å². The predicted molar refractivity (Wildman–Crippen MR) is 82.6 cm³/mol. The second kappa shape index (κ2) is 7.05. The Morgan fingerprint density at radius 1 is 1.21 bits per heavy atom. The molecule has 1 aliphatic rings. The molecule has 0 aromatic rings. The molecule has 0 aromatic carbocycles. The summed E-state index contributed by atoms with van der Waals surface area (Å²) in [6.45, 7) is 19.0. The van der Waals surface area contributed by atoms with Crippen molar-refractivity contribution < 1.29 is 4.74 Å². The Kier molecular flexibility index (Phi) is 6.28. The number of ether oxygens (including phenoxy) is 1. The lowest BCUT2D eigenvalue weighted by Gasteiger charge is -2.35. The van der Waals surface area contributed by atoms with Crippen LogP contribution in [0.5, 0.6) is 0 Å². The minimum absolute atomic E-state index is 0.197. The highest BCUT2D eigenvalue weighted by Crippen LogP contribution is 2.20. The summed E-state index contributed by atoms with van der Waals surface area (Å²) in [4.78, 5) is 2.54. The lowest BCUT2D eigenvalue weighted by Crippen LogP contribution is -2.47. The minimum Gasteiger partial charge on any atom is -0.377 e. The molecule has 114 valence electrons. The van der Waals surface area contributed by atoms with Crippen LogP contribution in [0, 0.1) is 5.41 Å². The average molecular weight is 270 g/mol. The molecular formula is C16H34N2O. The van der Waals surface area contributed by atoms with Crippen molar-refractivity contribution in [2.45, 2.75) is 66.0 Å². The first-order valence-corrected chi connectivity index (χ1v) is 7.81. The third kappa shape index (κ3) is 7.28. The number of rotatable bonds is 7. The fourth-order valence-corrected chi connectivity index (χ4v) is 2.55. The van der Waals surface area contributed by atoms with E-state index >= 15 is 0 Å². The molecule has 1 unspecified atom stereocenters. The Hall–Kier alpha value is -0.120. The quantitative estimate of drug-likeness (QED) is 0.770. The van der Waals surface area contributed by atoms with Crippen LogP contribution in [0.25, 0.3) is 0 Å². The van der Waals surface area contributed by atoms with Gasteiger partial charge in [-0.2, -0.15) is 0 Å². The summed E-state index contributed by atoms with van der Waals surface area (Å²) >= 11 is 0. The molecule has 3 nitrogen and oxygen atoms in total. The summed E-state index contributed by atoms with van der Waals surface area (Å²) in [5.41, 5.74) is 0.491. The van der Waals surface area contributed by atoms with Crippen LogP contribution in [-0.2, 0) is 4.74 Å². The molecule has 1 N–H and O–H groups in total. The third-order valence-electron chi connectivity index (χ3n) is 3.68. The van der Waals surface area contributed by atoms with Gasteiger partial charge in [-0.1, -0.05) is 20.8 Å². The molecule has 1 rings (SSSR count). The molecule has 0 aliphatic carbocycles. The molecule has 19 heavy (non-hydrogen) atoms. The van der Waals surface area contributed by atoms with Gasteiger partial charge in [0, 0.05) is 31.8 Å². The molecule has 0 aromatic heterocycles. The van der Waals surface area contributed by atoms with Crippen LogP contribution in [0.4, 0.5) is 0 Å². The zero-order chi connectivity index (χ0) is 14.5. The number of nitrogens with one attached hydrogen (secondary N) is 1. The first-order valence-electron chi connectivity index (χ1n) is 7.81. The van der Waals surface area contributed by atoms with Crippen LogP contribution < -0.4 is 5.32 Å². The number of likely N-dealkylation sites (N-methyl/N-ethyl adjacent to an activating group) is 1. The van der Waals surface area contributed by atoms with E-state index in [1.165, 1.54) is 12.8 Å². The van der Waals surface area contributed by atoms with E-state index in [2.05, 4.69) is 51.8 Å². The van der Waals surface area contributed by atoms with Gasteiger partial charge in [0.2, 0.25) is 0 Å². The van der Waals surface area contributed by atoms with Gasteiger partial charge in [0.1, 0.15) is 0 Å². The molecule has 3 heteroatoms.